The second kappa shape index (κ2) is 6.75. The molecule has 1 atom stereocenters. The third-order valence-electron chi connectivity index (χ3n) is 3.37. The van der Waals surface area contributed by atoms with Crippen LogP contribution >= 0.6 is 0 Å². The predicted octanol–water partition coefficient (Wildman–Crippen LogP) is 2.53. The first-order valence-electron chi connectivity index (χ1n) is 6.86. The number of aliphatic hydroxyl groups is 1. The van der Waals surface area contributed by atoms with E-state index in [-0.39, 0.29) is 24.0 Å². The molecule has 1 aromatic rings. The summed E-state index contributed by atoms with van der Waals surface area (Å²) in [6.45, 7) is 8.11. The number of aryl methyl sites for hydroxylation is 1. The fourth-order valence-corrected chi connectivity index (χ4v) is 2.09. The maximum atomic E-state index is 12.4. The van der Waals surface area contributed by atoms with Gasteiger partial charge in [0.05, 0.1) is 12.7 Å². The highest BCUT2D eigenvalue weighted by molar-refractivity contribution is 5.97. The van der Waals surface area contributed by atoms with Crippen LogP contribution in [0.4, 0.5) is 0 Å². The van der Waals surface area contributed by atoms with Crippen LogP contribution in [0.2, 0.25) is 0 Å². The lowest BCUT2D eigenvalue weighted by atomic mass is 9.84. The van der Waals surface area contributed by atoms with E-state index in [1.54, 1.807) is 13.2 Å². The first kappa shape index (κ1) is 16.5. The number of carbonyl (C=O) groups is 1. The lowest BCUT2D eigenvalue weighted by Gasteiger charge is -2.31. The van der Waals surface area contributed by atoms with Crippen molar-refractivity contribution in [1.82, 2.24) is 5.32 Å². The molecule has 112 valence electrons. The maximum Gasteiger partial charge on any atom is 0.255 e. The molecule has 0 aliphatic rings. The first-order valence-corrected chi connectivity index (χ1v) is 6.86. The Balaban J connectivity index is 2.97. The smallest absolute Gasteiger partial charge is 0.255 e. The Labute approximate surface area is 121 Å². The average molecular weight is 279 g/mol. The number of rotatable bonds is 5. The van der Waals surface area contributed by atoms with Crippen molar-refractivity contribution in [2.24, 2.45) is 5.41 Å². The van der Waals surface area contributed by atoms with E-state index in [2.05, 4.69) is 5.32 Å². The van der Waals surface area contributed by atoms with Crippen LogP contribution in [0.15, 0.2) is 18.2 Å². The highest BCUT2D eigenvalue weighted by Gasteiger charge is 2.27. The molecule has 0 saturated heterocycles. The molecule has 1 amide bonds. The van der Waals surface area contributed by atoms with Crippen molar-refractivity contribution in [2.75, 3.05) is 13.7 Å². The van der Waals surface area contributed by atoms with Gasteiger partial charge in [-0.3, -0.25) is 4.79 Å². The highest BCUT2D eigenvalue weighted by Crippen LogP contribution is 2.24. The molecule has 2 N–H and O–H groups in total. The molecule has 0 aromatic heterocycles. The second-order valence-corrected chi connectivity index (χ2v) is 6.11. The minimum atomic E-state index is -0.168. The molecular weight excluding hydrogens is 254 g/mol. The Morgan fingerprint density at radius 2 is 2.05 bits per heavy atom. The van der Waals surface area contributed by atoms with E-state index in [4.69, 9.17) is 9.84 Å². The fourth-order valence-electron chi connectivity index (χ4n) is 2.09. The van der Waals surface area contributed by atoms with E-state index in [0.717, 1.165) is 5.56 Å². The number of nitrogens with one attached hydrogen (secondary N) is 1. The van der Waals surface area contributed by atoms with Gasteiger partial charge in [0.2, 0.25) is 0 Å². The van der Waals surface area contributed by atoms with Gasteiger partial charge in [0.1, 0.15) is 5.75 Å². The van der Waals surface area contributed by atoms with Gasteiger partial charge in [-0.25, -0.2) is 0 Å². The summed E-state index contributed by atoms with van der Waals surface area (Å²) in [7, 11) is 1.55. The molecule has 0 fully saturated rings. The van der Waals surface area contributed by atoms with E-state index < -0.39 is 0 Å². The zero-order chi connectivity index (χ0) is 15.3. The van der Waals surface area contributed by atoms with Crippen molar-refractivity contribution in [1.29, 1.82) is 0 Å². The van der Waals surface area contributed by atoms with Gasteiger partial charge in [-0.05, 0) is 30.9 Å². The van der Waals surface area contributed by atoms with Crippen LogP contribution in [0, 0.1) is 12.3 Å². The molecule has 0 radical (unpaired) electrons. The largest absolute Gasteiger partial charge is 0.496 e. The van der Waals surface area contributed by atoms with Gasteiger partial charge in [0.25, 0.3) is 5.91 Å². The molecule has 4 heteroatoms. The lowest BCUT2D eigenvalue weighted by Crippen LogP contribution is -2.44. The normalized spacial score (nSPS) is 12.9. The Hall–Kier alpha value is -1.55. The van der Waals surface area contributed by atoms with E-state index in [9.17, 15) is 4.79 Å². The van der Waals surface area contributed by atoms with Crippen LogP contribution in [0.25, 0.3) is 0 Å². The number of aliphatic hydroxyl groups excluding tert-OH is 1. The van der Waals surface area contributed by atoms with Gasteiger partial charge in [0, 0.05) is 12.6 Å². The summed E-state index contributed by atoms with van der Waals surface area (Å²) in [4.78, 5) is 12.4. The number of methoxy groups -OCH3 is 1. The Kier molecular flexibility index (Phi) is 5.57. The fraction of sp³-hybridized carbons (Fsp3) is 0.562. The molecule has 20 heavy (non-hydrogen) atoms. The molecule has 0 aliphatic carbocycles. The first-order chi connectivity index (χ1) is 9.29. The lowest BCUT2D eigenvalue weighted by molar-refractivity contribution is 0.0882. The number of amides is 1. The third-order valence-corrected chi connectivity index (χ3v) is 3.37. The number of ether oxygens (including phenoxy) is 1. The van der Waals surface area contributed by atoms with Crippen molar-refractivity contribution in [2.45, 2.75) is 40.2 Å². The van der Waals surface area contributed by atoms with E-state index in [1.807, 2.05) is 39.8 Å². The molecule has 0 saturated carbocycles. The van der Waals surface area contributed by atoms with Crippen LogP contribution in [0.5, 0.6) is 5.75 Å². The van der Waals surface area contributed by atoms with E-state index in [0.29, 0.717) is 17.7 Å². The molecule has 1 rings (SSSR count). The minimum absolute atomic E-state index is 0.0488. The van der Waals surface area contributed by atoms with E-state index >= 15 is 0 Å². The summed E-state index contributed by atoms with van der Waals surface area (Å²) in [5.74, 6) is 0.392. The Morgan fingerprint density at radius 1 is 1.40 bits per heavy atom. The molecule has 0 spiro atoms. The topological polar surface area (TPSA) is 58.6 Å². The zero-order valence-corrected chi connectivity index (χ0v) is 13.0. The highest BCUT2D eigenvalue weighted by atomic mass is 16.5. The van der Waals surface area contributed by atoms with Gasteiger partial charge < -0.3 is 15.2 Å². The summed E-state index contributed by atoms with van der Waals surface area (Å²) in [5.41, 5.74) is 1.42. The predicted molar refractivity (Wildman–Crippen MR) is 80.1 cm³/mol. The summed E-state index contributed by atoms with van der Waals surface area (Å²) < 4.78 is 5.24. The van der Waals surface area contributed by atoms with Crippen LogP contribution in [-0.2, 0) is 0 Å². The van der Waals surface area contributed by atoms with Gasteiger partial charge in [0.15, 0.2) is 0 Å². The summed E-state index contributed by atoms with van der Waals surface area (Å²) in [6, 6.07) is 5.42. The molecule has 0 aliphatic heterocycles. The Bertz CT molecular complexity index is 463. The number of hydrogen-bond acceptors (Lipinski definition) is 3. The molecular formula is C16H25NO3. The number of benzene rings is 1. The minimum Gasteiger partial charge on any atom is -0.496 e. The second-order valence-electron chi connectivity index (χ2n) is 6.11. The molecule has 1 aromatic carbocycles. The van der Waals surface area contributed by atoms with Crippen LogP contribution in [-0.4, -0.2) is 30.8 Å². The van der Waals surface area contributed by atoms with Crippen LogP contribution < -0.4 is 10.1 Å². The van der Waals surface area contributed by atoms with Gasteiger partial charge in [-0.1, -0.05) is 32.4 Å². The summed E-state index contributed by atoms with van der Waals surface area (Å²) in [5, 5.41) is 12.1. The summed E-state index contributed by atoms with van der Waals surface area (Å²) in [6.07, 6.45) is 0.531. The zero-order valence-electron chi connectivity index (χ0n) is 13.0. The van der Waals surface area contributed by atoms with Crippen molar-refractivity contribution < 1.29 is 14.6 Å². The van der Waals surface area contributed by atoms with Gasteiger partial charge in [-0.15, -0.1) is 0 Å². The molecule has 1 unspecified atom stereocenters. The standard InChI is InChI=1S/C16H25NO3/c1-11-6-7-13(20-5)12(10-11)15(19)17-14(8-9-18)16(2,3)4/h6-7,10,14,18H,8-9H2,1-5H3,(H,17,19). The SMILES string of the molecule is COc1ccc(C)cc1C(=O)NC(CCO)C(C)(C)C. The molecule has 0 heterocycles. The van der Waals surface area contributed by atoms with Gasteiger partial charge in [-0.2, -0.15) is 0 Å². The monoisotopic (exact) mass is 279 g/mol. The van der Waals surface area contributed by atoms with E-state index in [1.165, 1.54) is 0 Å². The Morgan fingerprint density at radius 3 is 2.55 bits per heavy atom. The number of hydrogen-bond donors (Lipinski definition) is 2. The summed E-state index contributed by atoms with van der Waals surface area (Å²) >= 11 is 0. The maximum absolute atomic E-state index is 12.4. The average Bonchev–Trinajstić information content (AvgIpc) is 2.37. The van der Waals surface area contributed by atoms with Crippen molar-refractivity contribution >= 4 is 5.91 Å². The third kappa shape index (κ3) is 4.23. The molecule has 0 bridgehead atoms. The molecule has 4 nitrogen and oxygen atoms in total. The van der Waals surface area contributed by atoms with Crippen molar-refractivity contribution in [3.05, 3.63) is 29.3 Å². The van der Waals surface area contributed by atoms with Crippen LogP contribution in [0.1, 0.15) is 43.1 Å². The van der Waals surface area contributed by atoms with Crippen molar-refractivity contribution in [3.63, 3.8) is 0 Å². The van der Waals surface area contributed by atoms with Crippen molar-refractivity contribution in [3.8, 4) is 5.75 Å². The van der Waals surface area contributed by atoms with Gasteiger partial charge >= 0.3 is 0 Å². The van der Waals surface area contributed by atoms with Crippen LogP contribution in [0.3, 0.4) is 0 Å². The quantitative estimate of drug-likeness (QED) is 0.870. The number of carbonyl (C=O) groups excluding carboxylic acids is 1.